The van der Waals surface area contributed by atoms with E-state index in [-0.39, 0.29) is 17.9 Å². The van der Waals surface area contributed by atoms with Gasteiger partial charge in [-0.3, -0.25) is 15.1 Å². The average Bonchev–Trinajstić information content (AvgIpc) is 2.62. The Morgan fingerprint density at radius 3 is 2.71 bits per heavy atom. The number of carbonyl (C=O) groups is 1. The summed E-state index contributed by atoms with van der Waals surface area (Å²) >= 11 is 0. The van der Waals surface area contributed by atoms with Crippen LogP contribution in [0.25, 0.3) is 0 Å². The Hall–Kier alpha value is -1.79. The monoisotopic (exact) mass is 335 g/mol. The lowest BCUT2D eigenvalue weighted by molar-refractivity contribution is -0.126. The van der Waals surface area contributed by atoms with E-state index in [0.29, 0.717) is 0 Å². The van der Waals surface area contributed by atoms with Crippen molar-refractivity contribution in [3.8, 4) is 11.5 Å². The minimum absolute atomic E-state index is 0.0207. The number of hydrazine groups is 1. The zero-order valence-electron chi connectivity index (χ0n) is 14.9. The Labute approximate surface area is 144 Å². The fraction of sp³-hybridized carbons (Fsp3) is 0.611. The lowest BCUT2D eigenvalue weighted by atomic mass is 9.96. The molecular formula is C18H29N3O3. The van der Waals surface area contributed by atoms with Gasteiger partial charge in [0.2, 0.25) is 5.91 Å². The number of rotatable bonds is 7. The third kappa shape index (κ3) is 4.61. The summed E-state index contributed by atoms with van der Waals surface area (Å²) in [5, 5.41) is 0. The second kappa shape index (κ2) is 8.89. The molecule has 0 spiro atoms. The lowest BCUT2D eigenvalue weighted by Gasteiger charge is -2.31. The third-order valence-corrected chi connectivity index (χ3v) is 4.67. The Morgan fingerprint density at radius 2 is 2.12 bits per heavy atom. The summed E-state index contributed by atoms with van der Waals surface area (Å²) in [5.41, 5.74) is 3.38. The highest BCUT2D eigenvalue weighted by Crippen LogP contribution is 2.33. The van der Waals surface area contributed by atoms with Crippen LogP contribution in [-0.4, -0.2) is 37.1 Å². The number of nitrogens with two attached hydrogens (primary N) is 1. The van der Waals surface area contributed by atoms with Gasteiger partial charge in [0.05, 0.1) is 13.2 Å². The first-order valence-corrected chi connectivity index (χ1v) is 8.64. The number of piperidine rings is 1. The number of likely N-dealkylation sites (tertiary alicyclic amines) is 1. The molecule has 1 fully saturated rings. The molecule has 134 valence electrons. The molecule has 1 aromatic carbocycles. The van der Waals surface area contributed by atoms with E-state index >= 15 is 0 Å². The smallest absolute Gasteiger partial charge is 0.237 e. The van der Waals surface area contributed by atoms with Gasteiger partial charge in [0.1, 0.15) is 0 Å². The maximum atomic E-state index is 11.6. The van der Waals surface area contributed by atoms with Crippen LogP contribution in [0.3, 0.4) is 0 Å². The van der Waals surface area contributed by atoms with Crippen LogP contribution in [0, 0.1) is 5.92 Å². The standard InChI is InChI=1S/C18H29N3O3/c1-4-13(2)24-17-15(6-5-7-16(17)23-3)12-21-10-8-14(9-11-21)18(22)20-19/h5-7,13-14H,4,8-12,19H2,1-3H3,(H,20,22). The number of carbonyl (C=O) groups excluding carboxylic acids is 1. The predicted molar refractivity (Wildman–Crippen MR) is 93.7 cm³/mol. The molecule has 0 radical (unpaired) electrons. The molecular weight excluding hydrogens is 306 g/mol. The van der Waals surface area contributed by atoms with Gasteiger partial charge in [0.15, 0.2) is 11.5 Å². The van der Waals surface area contributed by atoms with Gasteiger partial charge in [0, 0.05) is 18.0 Å². The summed E-state index contributed by atoms with van der Waals surface area (Å²) in [5.74, 6) is 6.79. The van der Waals surface area contributed by atoms with E-state index in [0.717, 1.165) is 56.0 Å². The number of hydrogen-bond acceptors (Lipinski definition) is 5. The van der Waals surface area contributed by atoms with E-state index in [9.17, 15) is 4.79 Å². The molecule has 1 aromatic rings. The molecule has 0 aliphatic carbocycles. The molecule has 1 aliphatic rings. The predicted octanol–water partition coefficient (Wildman–Crippen LogP) is 2.07. The third-order valence-electron chi connectivity index (χ3n) is 4.67. The van der Waals surface area contributed by atoms with Gasteiger partial charge in [-0.05, 0) is 45.3 Å². The van der Waals surface area contributed by atoms with Gasteiger partial charge in [0.25, 0.3) is 0 Å². The molecule has 1 amide bonds. The van der Waals surface area contributed by atoms with Gasteiger partial charge in [-0.25, -0.2) is 5.84 Å². The summed E-state index contributed by atoms with van der Waals surface area (Å²) in [6, 6.07) is 6.00. The largest absolute Gasteiger partial charge is 0.493 e. The molecule has 3 N–H and O–H groups in total. The summed E-state index contributed by atoms with van der Waals surface area (Å²) < 4.78 is 11.6. The minimum Gasteiger partial charge on any atom is -0.493 e. The maximum Gasteiger partial charge on any atom is 0.237 e. The number of methoxy groups -OCH3 is 1. The topological polar surface area (TPSA) is 76.8 Å². The van der Waals surface area contributed by atoms with Crippen LogP contribution in [0.5, 0.6) is 11.5 Å². The first kappa shape index (κ1) is 18.5. The van der Waals surface area contributed by atoms with E-state index in [1.807, 2.05) is 12.1 Å². The SMILES string of the molecule is CCC(C)Oc1c(CN2CCC(C(=O)NN)CC2)cccc1OC. The fourth-order valence-electron chi connectivity index (χ4n) is 2.98. The van der Waals surface area contributed by atoms with Crippen molar-refractivity contribution in [3.05, 3.63) is 23.8 Å². The number of benzene rings is 1. The second-order valence-electron chi connectivity index (χ2n) is 6.34. The highest BCUT2D eigenvalue weighted by Gasteiger charge is 2.25. The summed E-state index contributed by atoms with van der Waals surface area (Å²) in [4.78, 5) is 14.0. The number of para-hydroxylation sites is 1. The molecule has 0 saturated carbocycles. The van der Waals surface area contributed by atoms with Gasteiger partial charge in [-0.15, -0.1) is 0 Å². The Kier molecular flexibility index (Phi) is 6.87. The van der Waals surface area contributed by atoms with Crippen molar-refractivity contribution in [2.45, 2.75) is 45.8 Å². The lowest BCUT2D eigenvalue weighted by Crippen LogP contribution is -2.42. The van der Waals surface area contributed by atoms with E-state index in [2.05, 4.69) is 30.2 Å². The molecule has 24 heavy (non-hydrogen) atoms. The van der Waals surface area contributed by atoms with Crippen LogP contribution >= 0.6 is 0 Å². The van der Waals surface area contributed by atoms with E-state index in [4.69, 9.17) is 15.3 Å². The number of amides is 1. The second-order valence-corrected chi connectivity index (χ2v) is 6.34. The first-order chi connectivity index (χ1) is 11.6. The highest BCUT2D eigenvalue weighted by molar-refractivity contribution is 5.78. The van der Waals surface area contributed by atoms with Crippen molar-refractivity contribution in [3.63, 3.8) is 0 Å². The quantitative estimate of drug-likeness (QED) is 0.453. The van der Waals surface area contributed by atoms with Gasteiger partial charge < -0.3 is 9.47 Å². The molecule has 1 atom stereocenters. The fourth-order valence-corrected chi connectivity index (χ4v) is 2.98. The minimum atomic E-state index is -0.0585. The molecule has 1 unspecified atom stereocenters. The highest BCUT2D eigenvalue weighted by atomic mass is 16.5. The molecule has 1 saturated heterocycles. The van der Waals surface area contributed by atoms with Crippen LogP contribution in [0.4, 0.5) is 0 Å². The molecule has 0 bridgehead atoms. The number of hydrogen-bond donors (Lipinski definition) is 2. The number of nitrogens with zero attached hydrogens (tertiary/aromatic N) is 1. The molecule has 1 aliphatic heterocycles. The van der Waals surface area contributed by atoms with Crippen molar-refractivity contribution in [2.75, 3.05) is 20.2 Å². The van der Waals surface area contributed by atoms with Crippen LogP contribution in [0.15, 0.2) is 18.2 Å². The van der Waals surface area contributed by atoms with Crippen molar-refractivity contribution < 1.29 is 14.3 Å². The van der Waals surface area contributed by atoms with Crippen LogP contribution < -0.4 is 20.7 Å². The summed E-state index contributed by atoms with van der Waals surface area (Å²) in [6.07, 6.45) is 2.74. The van der Waals surface area contributed by atoms with Crippen molar-refractivity contribution >= 4 is 5.91 Å². The Bertz CT molecular complexity index is 542. The molecule has 2 rings (SSSR count). The van der Waals surface area contributed by atoms with E-state index < -0.39 is 0 Å². The van der Waals surface area contributed by atoms with E-state index in [1.165, 1.54) is 0 Å². The molecule has 6 nitrogen and oxygen atoms in total. The van der Waals surface area contributed by atoms with Crippen molar-refractivity contribution in [1.29, 1.82) is 0 Å². The average molecular weight is 335 g/mol. The zero-order valence-corrected chi connectivity index (χ0v) is 14.9. The first-order valence-electron chi connectivity index (χ1n) is 8.64. The van der Waals surface area contributed by atoms with Gasteiger partial charge in [-0.2, -0.15) is 0 Å². The van der Waals surface area contributed by atoms with Crippen LogP contribution in [0.1, 0.15) is 38.7 Å². The van der Waals surface area contributed by atoms with Gasteiger partial charge in [-0.1, -0.05) is 19.1 Å². The maximum absolute atomic E-state index is 11.6. The zero-order chi connectivity index (χ0) is 17.5. The molecule has 0 aromatic heterocycles. The molecule has 6 heteroatoms. The van der Waals surface area contributed by atoms with Crippen LogP contribution in [-0.2, 0) is 11.3 Å². The van der Waals surface area contributed by atoms with Crippen molar-refractivity contribution in [1.82, 2.24) is 10.3 Å². The molecule has 1 heterocycles. The normalized spacial score (nSPS) is 17.3. The summed E-state index contributed by atoms with van der Waals surface area (Å²) in [7, 11) is 1.67. The number of ether oxygens (including phenoxy) is 2. The van der Waals surface area contributed by atoms with Crippen molar-refractivity contribution in [2.24, 2.45) is 11.8 Å². The van der Waals surface area contributed by atoms with E-state index in [1.54, 1.807) is 7.11 Å². The summed E-state index contributed by atoms with van der Waals surface area (Å²) in [6.45, 7) is 6.70. The Balaban J connectivity index is 2.06. The van der Waals surface area contributed by atoms with Gasteiger partial charge >= 0.3 is 0 Å². The number of nitrogens with one attached hydrogen (secondary N) is 1. The van der Waals surface area contributed by atoms with Crippen LogP contribution in [0.2, 0.25) is 0 Å². The Morgan fingerprint density at radius 1 is 1.42 bits per heavy atom.